The van der Waals surface area contributed by atoms with Gasteiger partial charge in [-0.05, 0) is 12.8 Å². The van der Waals surface area contributed by atoms with Gasteiger partial charge in [0.2, 0.25) is 0 Å². The molecule has 1 aliphatic rings. The van der Waals surface area contributed by atoms with Gasteiger partial charge in [-0.25, -0.2) is 4.79 Å². The first kappa shape index (κ1) is 10.0. The summed E-state index contributed by atoms with van der Waals surface area (Å²) in [6, 6.07) is 0.171. The van der Waals surface area contributed by atoms with Gasteiger partial charge in [-0.3, -0.25) is 4.79 Å². The van der Waals surface area contributed by atoms with Crippen molar-refractivity contribution in [2.75, 3.05) is 14.2 Å². The number of methoxy groups -OCH3 is 1. The molecule has 1 saturated carbocycles. The highest BCUT2D eigenvalue weighted by molar-refractivity contribution is 5.79. The number of hydrogen-bond donors (Lipinski definition) is 0. The summed E-state index contributed by atoms with van der Waals surface area (Å²) in [6.07, 6.45) is 2.40. The fourth-order valence-electron chi connectivity index (χ4n) is 1.60. The quantitative estimate of drug-likeness (QED) is 0.616. The van der Waals surface area contributed by atoms with E-state index in [1.807, 2.05) is 0 Å². The Morgan fingerprint density at radius 2 is 2.00 bits per heavy atom. The van der Waals surface area contributed by atoms with E-state index >= 15 is 0 Å². The van der Waals surface area contributed by atoms with Gasteiger partial charge in [-0.1, -0.05) is 0 Å². The molecule has 4 nitrogen and oxygen atoms in total. The van der Waals surface area contributed by atoms with Crippen LogP contribution in [0, 0.1) is 0 Å². The molecule has 0 unspecified atom stereocenters. The Bertz CT molecular complexity index is 205. The molecule has 0 heterocycles. The van der Waals surface area contributed by atoms with Gasteiger partial charge in [-0.2, -0.15) is 0 Å². The lowest BCUT2D eigenvalue weighted by Gasteiger charge is -2.29. The molecule has 1 rings (SSSR count). The zero-order chi connectivity index (χ0) is 9.84. The van der Waals surface area contributed by atoms with E-state index in [0.29, 0.717) is 18.6 Å². The topological polar surface area (TPSA) is 46.6 Å². The maximum Gasteiger partial charge on any atom is 0.409 e. The van der Waals surface area contributed by atoms with Crippen molar-refractivity contribution in [3.05, 3.63) is 0 Å². The molecule has 0 saturated heterocycles. The molecule has 4 heteroatoms. The molecule has 13 heavy (non-hydrogen) atoms. The molecule has 1 amide bonds. The van der Waals surface area contributed by atoms with Crippen LogP contribution in [0.5, 0.6) is 0 Å². The van der Waals surface area contributed by atoms with E-state index in [1.165, 1.54) is 7.11 Å². The molecule has 0 aromatic heterocycles. The standard InChI is InChI=1S/C9H15NO3/c1-10(9(12)13-2)7-3-5-8(11)6-4-7/h7H,3-6H2,1-2H3. The molecule has 1 fully saturated rings. The van der Waals surface area contributed by atoms with Gasteiger partial charge >= 0.3 is 6.09 Å². The minimum absolute atomic E-state index is 0.171. The van der Waals surface area contributed by atoms with Crippen LogP contribution in [0.25, 0.3) is 0 Å². The first-order chi connectivity index (χ1) is 6.15. The Labute approximate surface area is 77.8 Å². The summed E-state index contributed by atoms with van der Waals surface area (Å²) in [7, 11) is 3.08. The number of hydrogen-bond acceptors (Lipinski definition) is 3. The molecule has 0 aromatic carbocycles. The van der Waals surface area contributed by atoms with Gasteiger partial charge in [0.15, 0.2) is 0 Å². The van der Waals surface area contributed by atoms with Crippen molar-refractivity contribution in [1.29, 1.82) is 0 Å². The lowest BCUT2D eigenvalue weighted by Crippen LogP contribution is -2.39. The minimum atomic E-state index is -0.320. The molecule has 0 N–H and O–H groups in total. The Hall–Kier alpha value is -1.06. The van der Waals surface area contributed by atoms with Crippen molar-refractivity contribution in [3.8, 4) is 0 Å². The van der Waals surface area contributed by atoms with Crippen molar-refractivity contribution < 1.29 is 14.3 Å². The van der Waals surface area contributed by atoms with Crippen LogP contribution in [0.2, 0.25) is 0 Å². The monoisotopic (exact) mass is 185 g/mol. The predicted octanol–water partition coefficient (Wildman–Crippen LogP) is 1.20. The van der Waals surface area contributed by atoms with Gasteiger partial charge in [0, 0.05) is 25.9 Å². The fraction of sp³-hybridized carbons (Fsp3) is 0.778. The van der Waals surface area contributed by atoms with Crippen LogP contribution >= 0.6 is 0 Å². The summed E-state index contributed by atoms with van der Waals surface area (Å²) in [5, 5.41) is 0. The van der Waals surface area contributed by atoms with E-state index in [9.17, 15) is 9.59 Å². The van der Waals surface area contributed by atoms with Crippen LogP contribution in [0.15, 0.2) is 0 Å². The van der Waals surface area contributed by atoms with E-state index in [1.54, 1.807) is 11.9 Å². The lowest BCUT2D eigenvalue weighted by molar-refractivity contribution is -0.121. The lowest BCUT2D eigenvalue weighted by atomic mass is 9.94. The highest BCUT2D eigenvalue weighted by Crippen LogP contribution is 2.19. The third kappa shape index (κ3) is 2.44. The second-order valence-corrected chi connectivity index (χ2v) is 3.35. The smallest absolute Gasteiger partial charge is 0.409 e. The number of Topliss-reactive ketones (excluding diaryl/α,β-unsaturated/α-hetero) is 1. The molecule has 74 valence electrons. The normalized spacial score (nSPS) is 18.5. The molecule has 0 atom stereocenters. The van der Waals surface area contributed by atoms with Gasteiger partial charge in [0.1, 0.15) is 5.78 Å². The Morgan fingerprint density at radius 1 is 1.46 bits per heavy atom. The molecule has 0 aliphatic heterocycles. The Kier molecular flexibility index (Phi) is 3.28. The van der Waals surface area contributed by atoms with Crippen molar-refractivity contribution in [3.63, 3.8) is 0 Å². The average molecular weight is 185 g/mol. The molecule has 0 radical (unpaired) electrons. The molecule has 0 bridgehead atoms. The first-order valence-corrected chi connectivity index (χ1v) is 4.47. The van der Waals surface area contributed by atoms with Crippen LogP contribution in [0.4, 0.5) is 4.79 Å². The summed E-state index contributed by atoms with van der Waals surface area (Å²) in [5.41, 5.74) is 0. The molecular formula is C9H15NO3. The first-order valence-electron chi connectivity index (χ1n) is 4.47. The van der Waals surface area contributed by atoms with E-state index in [4.69, 9.17) is 0 Å². The highest BCUT2D eigenvalue weighted by Gasteiger charge is 2.25. The second kappa shape index (κ2) is 4.25. The molecular weight excluding hydrogens is 170 g/mol. The van der Waals surface area contributed by atoms with Crippen molar-refractivity contribution in [2.45, 2.75) is 31.7 Å². The summed E-state index contributed by atoms with van der Waals surface area (Å²) >= 11 is 0. The molecule has 0 aromatic rings. The maximum atomic E-state index is 11.1. The SMILES string of the molecule is COC(=O)N(C)C1CCC(=O)CC1. The fourth-order valence-corrected chi connectivity index (χ4v) is 1.60. The Balaban J connectivity index is 2.44. The number of carbonyl (C=O) groups excluding carboxylic acids is 2. The predicted molar refractivity (Wildman–Crippen MR) is 47.4 cm³/mol. The number of carbonyl (C=O) groups is 2. The van der Waals surface area contributed by atoms with E-state index in [-0.39, 0.29) is 12.1 Å². The maximum absolute atomic E-state index is 11.1. The zero-order valence-corrected chi connectivity index (χ0v) is 8.08. The van der Waals surface area contributed by atoms with E-state index in [2.05, 4.69) is 4.74 Å². The van der Waals surface area contributed by atoms with Gasteiger partial charge in [0.25, 0.3) is 0 Å². The van der Waals surface area contributed by atoms with Crippen LogP contribution in [0.3, 0.4) is 0 Å². The number of amides is 1. The largest absolute Gasteiger partial charge is 0.453 e. The summed E-state index contributed by atoms with van der Waals surface area (Å²) in [4.78, 5) is 23.6. The average Bonchev–Trinajstić information content (AvgIpc) is 2.17. The van der Waals surface area contributed by atoms with Crippen molar-refractivity contribution in [2.24, 2.45) is 0 Å². The van der Waals surface area contributed by atoms with Crippen molar-refractivity contribution in [1.82, 2.24) is 4.90 Å². The summed E-state index contributed by atoms with van der Waals surface area (Å²) < 4.78 is 4.59. The minimum Gasteiger partial charge on any atom is -0.453 e. The van der Waals surface area contributed by atoms with Gasteiger partial charge in [0.05, 0.1) is 7.11 Å². The highest BCUT2D eigenvalue weighted by atomic mass is 16.5. The van der Waals surface area contributed by atoms with Crippen LogP contribution < -0.4 is 0 Å². The van der Waals surface area contributed by atoms with Crippen LogP contribution in [0.1, 0.15) is 25.7 Å². The summed E-state index contributed by atoms with van der Waals surface area (Å²) in [6.45, 7) is 0. The third-order valence-corrected chi connectivity index (χ3v) is 2.52. The number of rotatable bonds is 1. The van der Waals surface area contributed by atoms with Gasteiger partial charge < -0.3 is 9.64 Å². The van der Waals surface area contributed by atoms with Crippen LogP contribution in [-0.4, -0.2) is 37.0 Å². The van der Waals surface area contributed by atoms with Crippen LogP contribution in [-0.2, 0) is 9.53 Å². The van der Waals surface area contributed by atoms with E-state index in [0.717, 1.165) is 12.8 Å². The zero-order valence-electron chi connectivity index (χ0n) is 8.08. The molecule has 1 aliphatic carbocycles. The van der Waals surface area contributed by atoms with E-state index < -0.39 is 0 Å². The summed E-state index contributed by atoms with van der Waals surface area (Å²) in [5.74, 6) is 0.300. The number of ketones is 1. The van der Waals surface area contributed by atoms with Crippen molar-refractivity contribution >= 4 is 11.9 Å². The molecule has 0 spiro atoms. The second-order valence-electron chi connectivity index (χ2n) is 3.35. The number of nitrogens with zero attached hydrogens (tertiary/aromatic N) is 1. The third-order valence-electron chi connectivity index (χ3n) is 2.52. The van der Waals surface area contributed by atoms with Gasteiger partial charge in [-0.15, -0.1) is 0 Å². The number of ether oxygens (including phenoxy) is 1. The Morgan fingerprint density at radius 3 is 2.46 bits per heavy atom.